The van der Waals surface area contributed by atoms with E-state index in [0.29, 0.717) is 5.92 Å². The minimum absolute atomic E-state index is 0.114. The molecule has 2 aliphatic rings. The van der Waals surface area contributed by atoms with E-state index in [4.69, 9.17) is 16.3 Å². The lowest BCUT2D eigenvalue weighted by atomic mass is 9.84. The number of halogens is 1. The van der Waals surface area contributed by atoms with Gasteiger partial charge in [0.05, 0.1) is 12.0 Å². The summed E-state index contributed by atoms with van der Waals surface area (Å²) < 4.78 is 5.75. The fourth-order valence-electron chi connectivity index (χ4n) is 3.57. The first-order valence-corrected chi connectivity index (χ1v) is 7.84. The van der Waals surface area contributed by atoms with Crippen LogP contribution in [0.15, 0.2) is 18.2 Å². The third-order valence-corrected chi connectivity index (χ3v) is 5.52. The molecule has 0 saturated heterocycles. The Labute approximate surface area is 121 Å². The van der Waals surface area contributed by atoms with Gasteiger partial charge in [0.1, 0.15) is 5.75 Å². The molecule has 19 heavy (non-hydrogen) atoms. The molecular formula is C17H23ClO. The summed E-state index contributed by atoms with van der Waals surface area (Å²) in [5.74, 6) is 2.42. The van der Waals surface area contributed by atoms with Gasteiger partial charge in [-0.3, -0.25) is 0 Å². The second-order valence-corrected chi connectivity index (χ2v) is 7.37. The molecule has 1 saturated carbocycles. The van der Waals surface area contributed by atoms with Crippen LogP contribution in [0.25, 0.3) is 0 Å². The van der Waals surface area contributed by atoms with Crippen LogP contribution in [0, 0.1) is 11.8 Å². The number of hydrogen-bond donors (Lipinski definition) is 0. The molecule has 2 heteroatoms. The van der Waals surface area contributed by atoms with Crippen molar-refractivity contribution in [3.05, 3.63) is 29.3 Å². The first kappa shape index (κ1) is 13.3. The van der Waals surface area contributed by atoms with Gasteiger partial charge in [-0.05, 0) is 36.0 Å². The minimum atomic E-state index is 0.114. The maximum atomic E-state index is 6.76. The molecule has 0 aromatic heterocycles. The molecular weight excluding hydrogens is 256 g/mol. The zero-order valence-corrected chi connectivity index (χ0v) is 12.8. The van der Waals surface area contributed by atoms with Crippen LogP contribution in [0.4, 0.5) is 0 Å². The Hall–Kier alpha value is -0.690. The molecule has 1 heterocycles. The van der Waals surface area contributed by atoms with Gasteiger partial charge in [-0.25, -0.2) is 0 Å². The number of ether oxygens (including phenoxy) is 1. The summed E-state index contributed by atoms with van der Waals surface area (Å²) >= 11 is 6.76. The van der Waals surface area contributed by atoms with Crippen molar-refractivity contribution in [2.24, 2.45) is 11.8 Å². The summed E-state index contributed by atoms with van der Waals surface area (Å²) in [7, 11) is 0. The average Bonchev–Trinajstić information content (AvgIpc) is 2.93. The topological polar surface area (TPSA) is 9.23 Å². The highest BCUT2D eigenvalue weighted by molar-refractivity contribution is 6.21. The largest absolute Gasteiger partial charge is 0.492 e. The highest BCUT2D eigenvalue weighted by Crippen LogP contribution is 2.46. The van der Waals surface area contributed by atoms with Gasteiger partial charge in [0.15, 0.2) is 0 Å². The molecule has 0 amide bonds. The Morgan fingerprint density at radius 3 is 2.79 bits per heavy atom. The summed E-state index contributed by atoms with van der Waals surface area (Å²) in [5, 5.41) is 0.152. The number of benzene rings is 1. The molecule has 1 aromatic carbocycles. The van der Waals surface area contributed by atoms with Crippen LogP contribution in [0.1, 0.15) is 56.5 Å². The van der Waals surface area contributed by atoms with E-state index < -0.39 is 0 Å². The molecule has 3 unspecified atom stereocenters. The molecule has 0 N–H and O–H groups in total. The van der Waals surface area contributed by atoms with Crippen LogP contribution < -0.4 is 4.74 Å². The monoisotopic (exact) mass is 278 g/mol. The van der Waals surface area contributed by atoms with E-state index in [-0.39, 0.29) is 10.8 Å². The van der Waals surface area contributed by atoms with Gasteiger partial charge in [0.2, 0.25) is 0 Å². The average molecular weight is 279 g/mol. The van der Waals surface area contributed by atoms with E-state index in [2.05, 4.69) is 39.0 Å². The molecule has 0 radical (unpaired) electrons. The molecule has 1 nitrogen and oxygen atoms in total. The lowest BCUT2D eigenvalue weighted by Gasteiger charge is -2.23. The maximum Gasteiger partial charge on any atom is 0.123 e. The van der Waals surface area contributed by atoms with Crippen LogP contribution in [0.5, 0.6) is 5.75 Å². The van der Waals surface area contributed by atoms with E-state index in [1.54, 1.807) is 0 Å². The van der Waals surface area contributed by atoms with Crippen LogP contribution in [0.3, 0.4) is 0 Å². The first-order chi connectivity index (χ1) is 8.99. The van der Waals surface area contributed by atoms with E-state index >= 15 is 0 Å². The quantitative estimate of drug-likeness (QED) is 0.686. The van der Waals surface area contributed by atoms with Crippen molar-refractivity contribution in [2.75, 3.05) is 6.61 Å². The van der Waals surface area contributed by atoms with E-state index in [9.17, 15) is 0 Å². The zero-order chi connectivity index (χ0) is 13.6. The fourth-order valence-corrected chi connectivity index (χ4v) is 4.08. The van der Waals surface area contributed by atoms with Crippen LogP contribution in [0.2, 0.25) is 0 Å². The van der Waals surface area contributed by atoms with Crippen LogP contribution >= 0.6 is 11.6 Å². The highest BCUT2D eigenvalue weighted by atomic mass is 35.5. The number of alkyl halides is 1. The van der Waals surface area contributed by atoms with Crippen LogP contribution in [-0.2, 0) is 5.41 Å². The normalized spacial score (nSPS) is 29.9. The van der Waals surface area contributed by atoms with Crippen molar-refractivity contribution in [2.45, 2.75) is 50.8 Å². The Kier molecular flexibility index (Phi) is 3.29. The van der Waals surface area contributed by atoms with Gasteiger partial charge < -0.3 is 4.74 Å². The van der Waals surface area contributed by atoms with E-state index in [1.165, 1.54) is 30.4 Å². The van der Waals surface area contributed by atoms with Gasteiger partial charge in [0, 0.05) is 11.0 Å². The number of rotatable bonds is 2. The third kappa shape index (κ3) is 2.27. The number of fused-ring (bicyclic) bond motifs is 1. The summed E-state index contributed by atoms with van der Waals surface area (Å²) in [4.78, 5) is 0. The Balaban J connectivity index is 1.90. The van der Waals surface area contributed by atoms with Crippen molar-refractivity contribution in [1.29, 1.82) is 0 Å². The van der Waals surface area contributed by atoms with Crippen molar-refractivity contribution >= 4 is 11.6 Å². The van der Waals surface area contributed by atoms with Gasteiger partial charge in [-0.2, -0.15) is 0 Å². The lowest BCUT2D eigenvalue weighted by Crippen LogP contribution is -2.18. The molecule has 3 atom stereocenters. The second-order valence-electron chi connectivity index (χ2n) is 6.90. The lowest BCUT2D eigenvalue weighted by molar-refractivity contribution is 0.291. The summed E-state index contributed by atoms with van der Waals surface area (Å²) in [6, 6.07) is 6.54. The standard InChI is InChI=1S/C17H23ClO/c1-11-5-4-6-13(11)16(18)12-7-8-15-14(9-12)17(2,3)10-19-15/h7-9,11,13,16H,4-6,10H2,1-3H3. The molecule has 1 aliphatic carbocycles. The fraction of sp³-hybridized carbons (Fsp3) is 0.647. The Bertz CT molecular complexity index is 480. The minimum Gasteiger partial charge on any atom is -0.492 e. The molecule has 0 bridgehead atoms. The first-order valence-electron chi connectivity index (χ1n) is 7.40. The summed E-state index contributed by atoms with van der Waals surface area (Å²) in [6.07, 6.45) is 3.92. The third-order valence-electron chi connectivity index (χ3n) is 4.94. The predicted octanol–water partition coefficient (Wildman–Crippen LogP) is 5.07. The molecule has 0 spiro atoms. The molecule has 1 fully saturated rings. The smallest absolute Gasteiger partial charge is 0.123 e. The Morgan fingerprint density at radius 1 is 1.32 bits per heavy atom. The van der Waals surface area contributed by atoms with Crippen LogP contribution in [-0.4, -0.2) is 6.61 Å². The zero-order valence-electron chi connectivity index (χ0n) is 12.1. The van der Waals surface area contributed by atoms with Crippen molar-refractivity contribution in [3.8, 4) is 5.75 Å². The van der Waals surface area contributed by atoms with E-state index in [1.807, 2.05) is 0 Å². The second kappa shape index (κ2) is 4.70. The molecule has 1 aromatic rings. The highest BCUT2D eigenvalue weighted by Gasteiger charge is 2.35. The maximum absolute atomic E-state index is 6.76. The van der Waals surface area contributed by atoms with Crippen molar-refractivity contribution < 1.29 is 4.74 Å². The number of hydrogen-bond acceptors (Lipinski definition) is 1. The summed E-state index contributed by atoms with van der Waals surface area (Å²) in [5.41, 5.74) is 2.71. The van der Waals surface area contributed by atoms with Gasteiger partial charge in [-0.1, -0.05) is 39.7 Å². The van der Waals surface area contributed by atoms with Gasteiger partial charge >= 0.3 is 0 Å². The van der Waals surface area contributed by atoms with Crippen molar-refractivity contribution in [1.82, 2.24) is 0 Å². The molecule has 1 aliphatic heterocycles. The van der Waals surface area contributed by atoms with Gasteiger partial charge in [-0.15, -0.1) is 11.6 Å². The molecule has 3 rings (SSSR count). The predicted molar refractivity (Wildman–Crippen MR) is 80.1 cm³/mol. The Morgan fingerprint density at radius 2 is 2.11 bits per heavy atom. The van der Waals surface area contributed by atoms with E-state index in [0.717, 1.165) is 18.3 Å². The van der Waals surface area contributed by atoms with Crippen molar-refractivity contribution in [3.63, 3.8) is 0 Å². The SMILES string of the molecule is CC1CCCC1C(Cl)c1ccc2c(c1)C(C)(C)CO2. The summed E-state index contributed by atoms with van der Waals surface area (Å²) in [6.45, 7) is 7.60. The van der Waals surface area contributed by atoms with Gasteiger partial charge in [0.25, 0.3) is 0 Å². The molecule has 104 valence electrons.